The van der Waals surface area contributed by atoms with Crippen LogP contribution < -0.4 is 5.32 Å². The highest BCUT2D eigenvalue weighted by molar-refractivity contribution is 5.14. The Kier molecular flexibility index (Phi) is 4.53. The van der Waals surface area contributed by atoms with E-state index in [1.165, 1.54) is 11.3 Å². The summed E-state index contributed by atoms with van der Waals surface area (Å²) in [5.41, 5.74) is 2.63. The van der Waals surface area contributed by atoms with Crippen LogP contribution >= 0.6 is 0 Å². The minimum absolute atomic E-state index is 0.422. The molecule has 1 aromatic heterocycles. The molecule has 3 nitrogen and oxygen atoms in total. The van der Waals surface area contributed by atoms with Crippen LogP contribution in [0.15, 0.2) is 42.6 Å². The Balaban J connectivity index is 1.77. The van der Waals surface area contributed by atoms with Gasteiger partial charge in [-0.05, 0) is 38.4 Å². The molecule has 1 aromatic carbocycles. The fraction of sp³-hybridized carbons (Fsp3) is 0.400. The van der Waals surface area contributed by atoms with E-state index in [0.29, 0.717) is 6.04 Å². The third-order valence-corrected chi connectivity index (χ3v) is 2.98. The first-order valence-corrected chi connectivity index (χ1v) is 6.54. The number of nitrogens with zero attached hydrogens (tertiary/aromatic N) is 2. The summed E-state index contributed by atoms with van der Waals surface area (Å²) >= 11 is 0. The molecule has 1 N–H and O–H groups in total. The maximum Gasteiger partial charge on any atom is 0.0525 e. The Hall–Kier alpha value is -1.61. The van der Waals surface area contributed by atoms with E-state index in [9.17, 15) is 0 Å². The SMILES string of the molecule is CC(C)n1nccc1CNCCc1ccccc1. The molecule has 18 heavy (non-hydrogen) atoms. The van der Waals surface area contributed by atoms with E-state index in [-0.39, 0.29) is 0 Å². The van der Waals surface area contributed by atoms with Gasteiger partial charge in [-0.25, -0.2) is 0 Å². The fourth-order valence-corrected chi connectivity index (χ4v) is 2.04. The van der Waals surface area contributed by atoms with Gasteiger partial charge in [0.15, 0.2) is 0 Å². The molecule has 0 spiro atoms. The predicted molar refractivity (Wildman–Crippen MR) is 74.5 cm³/mol. The second-order valence-corrected chi connectivity index (χ2v) is 4.77. The first-order valence-electron chi connectivity index (χ1n) is 6.54. The predicted octanol–water partition coefficient (Wildman–Crippen LogP) is 2.80. The highest BCUT2D eigenvalue weighted by Crippen LogP contribution is 2.07. The van der Waals surface area contributed by atoms with Crippen LogP contribution in [0.25, 0.3) is 0 Å². The number of hydrogen-bond acceptors (Lipinski definition) is 2. The average molecular weight is 243 g/mol. The number of aromatic nitrogens is 2. The third kappa shape index (κ3) is 3.44. The van der Waals surface area contributed by atoms with Gasteiger partial charge in [-0.1, -0.05) is 30.3 Å². The lowest BCUT2D eigenvalue weighted by atomic mass is 10.1. The molecule has 2 rings (SSSR count). The number of hydrogen-bond donors (Lipinski definition) is 1. The molecule has 2 aromatic rings. The lowest BCUT2D eigenvalue weighted by Gasteiger charge is -2.11. The standard InChI is InChI=1S/C15H21N3/c1-13(2)18-15(9-11-17-18)12-16-10-8-14-6-4-3-5-7-14/h3-7,9,11,13,16H,8,10,12H2,1-2H3. The molecule has 0 unspecified atom stereocenters. The summed E-state index contributed by atoms with van der Waals surface area (Å²) < 4.78 is 2.06. The molecular formula is C15H21N3. The summed E-state index contributed by atoms with van der Waals surface area (Å²) in [7, 11) is 0. The lowest BCUT2D eigenvalue weighted by molar-refractivity contribution is 0.496. The second-order valence-electron chi connectivity index (χ2n) is 4.77. The minimum atomic E-state index is 0.422. The first kappa shape index (κ1) is 12.8. The summed E-state index contributed by atoms with van der Waals surface area (Å²) in [6.45, 7) is 6.18. The molecule has 0 aliphatic rings. The van der Waals surface area contributed by atoms with E-state index >= 15 is 0 Å². The molecule has 96 valence electrons. The molecule has 0 amide bonds. The third-order valence-electron chi connectivity index (χ3n) is 2.98. The van der Waals surface area contributed by atoms with Crippen molar-refractivity contribution in [3.05, 3.63) is 53.9 Å². The molecule has 0 fully saturated rings. The van der Waals surface area contributed by atoms with Gasteiger partial charge in [-0.15, -0.1) is 0 Å². The van der Waals surface area contributed by atoms with Crippen molar-refractivity contribution in [1.29, 1.82) is 0 Å². The van der Waals surface area contributed by atoms with Crippen molar-refractivity contribution in [3.63, 3.8) is 0 Å². The Labute approximate surface area is 109 Å². The van der Waals surface area contributed by atoms with Gasteiger partial charge in [0, 0.05) is 18.8 Å². The van der Waals surface area contributed by atoms with Gasteiger partial charge < -0.3 is 5.32 Å². The van der Waals surface area contributed by atoms with E-state index in [0.717, 1.165) is 19.5 Å². The zero-order chi connectivity index (χ0) is 12.8. The molecular weight excluding hydrogens is 222 g/mol. The zero-order valence-electron chi connectivity index (χ0n) is 11.1. The minimum Gasteiger partial charge on any atom is -0.311 e. The van der Waals surface area contributed by atoms with E-state index in [2.05, 4.69) is 65.3 Å². The summed E-state index contributed by atoms with van der Waals surface area (Å²) in [4.78, 5) is 0. The van der Waals surface area contributed by atoms with Gasteiger partial charge in [0.25, 0.3) is 0 Å². The summed E-state index contributed by atoms with van der Waals surface area (Å²) in [6, 6.07) is 13.1. The molecule has 0 aliphatic carbocycles. The molecule has 0 saturated heterocycles. The average Bonchev–Trinajstić information content (AvgIpc) is 2.84. The molecule has 1 heterocycles. The fourth-order valence-electron chi connectivity index (χ4n) is 2.04. The molecule has 0 saturated carbocycles. The van der Waals surface area contributed by atoms with Gasteiger partial charge in [0.05, 0.1) is 5.69 Å². The Morgan fingerprint density at radius 3 is 2.67 bits per heavy atom. The zero-order valence-corrected chi connectivity index (χ0v) is 11.1. The van der Waals surface area contributed by atoms with Crippen LogP contribution in [0.4, 0.5) is 0 Å². The van der Waals surface area contributed by atoms with Crippen molar-refractivity contribution in [3.8, 4) is 0 Å². The molecule has 0 radical (unpaired) electrons. The maximum absolute atomic E-state index is 4.33. The molecule has 0 bridgehead atoms. The summed E-state index contributed by atoms with van der Waals surface area (Å²) in [5.74, 6) is 0. The van der Waals surface area contributed by atoms with Crippen LogP contribution in [0, 0.1) is 0 Å². The van der Waals surface area contributed by atoms with Crippen LogP contribution in [0.3, 0.4) is 0 Å². The van der Waals surface area contributed by atoms with Crippen molar-refractivity contribution >= 4 is 0 Å². The quantitative estimate of drug-likeness (QED) is 0.791. The van der Waals surface area contributed by atoms with Gasteiger partial charge in [0.1, 0.15) is 0 Å². The normalized spacial score (nSPS) is 11.1. The van der Waals surface area contributed by atoms with Crippen molar-refractivity contribution < 1.29 is 0 Å². The van der Waals surface area contributed by atoms with Crippen LogP contribution in [0.2, 0.25) is 0 Å². The summed E-state index contributed by atoms with van der Waals surface area (Å²) in [6.07, 6.45) is 2.94. The largest absolute Gasteiger partial charge is 0.311 e. The topological polar surface area (TPSA) is 29.9 Å². The van der Waals surface area contributed by atoms with Crippen LogP contribution in [-0.2, 0) is 13.0 Å². The number of benzene rings is 1. The lowest BCUT2D eigenvalue weighted by Crippen LogP contribution is -2.20. The Morgan fingerprint density at radius 2 is 1.94 bits per heavy atom. The number of rotatable bonds is 6. The Bertz CT molecular complexity index is 460. The summed E-state index contributed by atoms with van der Waals surface area (Å²) in [5, 5.41) is 7.80. The van der Waals surface area contributed by atoms with Crippen molar-refractivity contribution in [2.45, 2.75) is 32.9 Å². The van der Waals surface area contributed by atoms with Gasteiger partial charge >= 0.3 is 0 Å². The van der Waals surface area contributed by atoms with Gasteiger partial charge in [-0.3, -0.25) is 4.68 Å². The monoisotopic (exact) mass is 243 g/mol. The first-order chi connectivity index (χ1) is 8.77. The molecule has 0 atom stereocenters. The van der Waals surface area contributed by atoms with Gasteiger partial charge in [0.2, 0.25) is 0 Å². The van der Waals surface area contributed by atoms with Crippen LogP contribution in [0.1, 0.15) is 31.1 Å². The van der Waals surface area contributed by atoms with E-state index in [1.807, 2.05) is 6.20 Å². The highest BCUT2D eigenvalue weighted by atomic mass is 15.3. The highest BCUT2D eigenvalue weighted by Gasteiger charge is 2.04. The van der Waals surface area contributed by atoms with Crippen molar-refractivity contribution in [2.75, 3.05) is 6.54 Å². The second kappa shape index (κ2) is 6.36. The van der Waals surface area contributed by atoms with Crippen molar-refractivity contribution in [2.24, 2.45) is 0 Å². The van der Waals surface area contributed by atoms with E-state index in [4.69, 9.17) is 0 Å². The maximum atomic E-state index is 4.33. The Morgan fingerprint density at radius 1 is 1.17 bits per heavy atom. The van der Waals surface area contributed by atoms with E-state index < -0.39 is 0 Å². The van der Waals surface area contributed by atoms with E-state index in [1.54, 1.807) is 0 Å². The van der Waals surface area contributed by atoms with Crippen molar-refractivity contribution in [1.82, 2.24) is 15.1 Å². The molecule has 3 heteroatoms. The van der Waals surface area contributed by atoms with Gasteiger partial charge in [-0.2, -0.15) is 5.10 Å². The molecule has 0 aliphatic heterocycles. The van der Waals surface area contributed by atoms with Crippen LogP contribution in [0.5, 0.6) is 0 Å². The number of nitrogens with one attached hydrogen (secondary N) is 1. The van der Waals surface area contributed by atoms with Crippen LogP contribution in [-0.4, -0.2) is 16.3 Å². The smallest absolute Gasteiger partial charge is 0.0525 e.